The van der Waals surface area contributed by atoms with E-state index < -0.39 is 12.1 Å². The van der Waals surface area contributed by atoms with E-state index in [1.807, 2.05) is 13.8 Å². The van der Waals surface area contributed by atoms with E-state index in [4.69, 9.17) is 9.84 Å². The van der Waals surface area contributed by atoms with Crippen molar-refractivity contribution in [2.75, 3.05) is 6.61 Å². The fraction of sp³-hybridized carbons (Fsp3) is 0.417. The Labute approximate surface area is 94.5 Å². The molecule has 1 aromatic rings. The zero-order valence-electron chi connectivity index (χ0n) is 9.38. The zero-order valence-corrected chi connectivity index (χ0v) is 9.38. The third kappa shape index (κ3) is 3.55. The van der Waals surface area contributed by atoms with Gasteiger partial charge in [-0.05, 0) is 23.6 Å². The number of carboxylic acid groups (broad SMARTS) is 1. The minimum atomic E-state index is -1.01. The van der Waals surface area contributed by atoms with E-state index in [1.165, 1.54) is 0 Å². The molecule has 0 aliphatic carbocycles. The lowest BCUT2D eigenvalue weighted by Gasteiger charge is -2.15. The summed E-state index contributed by atoms with van der Waals surface area (Å²) in [6, 6.07) is 6.79. The molecule has 0 saturated heterocycles. The Morgan fingerprint density at radius 1 is 1.31 bits per heavy atom. The van der Waals surface area contributed by atoms with Crippen LogP contribution in [0.5, 0.6) is 5.75 Å². The SMILES string of the molecule is CC(C)[C@@H](O)c1ccc(OCC(=O)O)cc1. The molecule has 0 aliphatic rings. The van der Waals surface area contributed by atoms with Gasteiger partial charge in [0.1, 0.15) is 5.75 Å². The van der Waals surface area contributed by atoms with Gasteiger partial charge in [0.15, 0.2) is 6.61 Å². The van der Waals surface area contributed by atoms with Crippen molar-refractivity contribution >= 4 is 5.97 Å². The predicted molar refractivity (Wildman–Crippen MR) is 59.4 cm³/mol. The highest BCUT2D eigenvalue weighted by Crippen LogP contribution is 2.23. The van der Waals surface area contributed by atoms with Crippen LogP contribution in [0.2, 0.25) is 0 Å². The number of aliphatic hydroxyl groups is 1. The van der Waals surface area contributed by atoms with Gasteiger partial charge in [0.05, 0.1) is 6.10 Å². The highest BCUT2D eigenvalue weighted by molar-refractivity contribution is 5.68. The summed E-state index contributed by atoms with van der Waals surface area (Å²) in [6.45, 7) is 3.51. The van der Waals surface area contributed by atoms with Crippen LogP contribution in [0.1, 0.15) is 25.5 Å². The summed E-state index contributed by atoms with van der Waals surface area (Å²) in [6.07, 6.45) is -0.506. The third-order valence-corrected chi connectivity index (χ3v) is 2.22. The van der Waals surface area contributed by atoms with E-state index >= 15 is 0 Å². The fourth-order valence-corrected chi connectivity index (χ4v) is 1.29. The van der Waals surface area contributed by atoms with E-state index in [1.54, 1.807) is 24.3 Å². The van der Waals surface area contributed by atoms with E-state index in [0.29, 0.717) is 5.75 Å². The van der Waals surface area contributed by atoms with Crippen LogP contribution in [0.4, 0.5) is 0 Å². The Bertz CT molecular complexity index is 343. The Kier molecular flexibility index (Phi) is 4.31. The molecule has 0 unspecified atom stereocenters. The van der Waals surface area contributed by atoms with Gasteiger partial charge in [0.25, 0.3) is 0 Å². The Morgan fingerprint density at radius 2 is 1.88 bits per heavy atom. The Hall–Kier alpha value is -1.55. The van der Waals surface area contributed by atoms with Gasteiger partial charge in [-0.15, -0.1) is 0 Å². The monoisotopic (exact) mass is 224 g/mol. The van der Waals surface area contributed by atoms with Crippen LogP contribution < -0.4 is 4.74 Å². The maximum absolute atomic E-state index is 10.3. The minimum absolute atomic E-state index is 0.144. The summed E-state index contributed by atoms with van der Waals surface area (Å²) in [5, 5.41) is 18.2. The molecule has 0 aromatic heterocycles. The molecule has 0 radical (unpaired) electrons. The maximum atomic E-state index is 10.3. The highest BCUT2D eigenvalue weighted by Gasteiger charge is 2.11. The van der Waals surface area contributed by atoms with Crippen LogP contribution in [0.3, 0.4) is 0 Å². The standard InChI is InChI=1S/C12H16O4/c1-8(2)12(15)9-3-5-10(6-4-9)16-7-11(13)14/h3-6,8,12,15H,7H2,1-2H3,(H,13,14)/t12-/m1/s1. The van der Waals surface area contributed by atoms with Gasteiger partial charge in [0.2, 0.25) is 0 Å². The lowest BCUT2D eigenvalue weighted by Crippen LogP contribution is -2.09. The van der Waals surface area contributed by atoms with Crippen molar-refractivity contribution in [1.82, 2.24) is 0 Å². The van der Waals surface area contributed by atoms with Gasteiger partial charge >= 0.3 is 5.97 Å². The average molecular weight is 224 g/mol. The first-order valence-corrected chi connectivity index (χ1v) is 5.13. The summed E-state index contributed by atoms with van der Waals surface area (Å²) in [5.41, 5.74) is 0.803. The lowest BCUT2D eigenvalue weighted by atomic mass is 9.99. The molecule has 0 amide bonds. The van der Waals surface area contributed by atoms with Crippen LogP contribution in [-0.4, -0.2) is 22.8 Å². The Balaban J connectivity index is 2.64. The highest BCUT2D eigenvalue weighted by atomic mass is 16.5. The number of ether oxygens (including phenoxy) is 1. The quantitative estimate of drug-likeness (QED) is 0.800. The second-order valence-corrected chi connectivity index (χ2v) is 3.94. The number of rotatable bonds is 5. The van der Waals surface area contributed by atoms with Gasteiger partial charge in [-0.25, -0.2) is 4.79 Å². The molecule has 0 fully saturated rings. The third-order valence-electron chi connectivity index (χ3n) is 2.22. The molecule has 0 aliphatic heterocycles. The van der Waals surface area contributed by atoms with Gasteiger partial charge in [-0.3, -0.25) is 0 Å². The lowest BCUT2D eigenvalue weighted by molar-refractivity contribution is -0.139. The van der Waals surface area contributed by atoms with Gasteiger partial charge in [-0.1, -0.05) is 26.0 Å². The van der Waals surface area contributed by atoms with Gasteiger partial charge in [-0.2, -0.15) is 0 Å². The fourth-order valence-electron chi connectivity index (χ4n) is 1.29. The van der Waals surface area contributed by atoms with Crippen LogP contribution >= 0.6 is 0 Å². The molecule has 16 heavy (non-hydrogen) atoms. The van der Waals surface area contributed by atoms with Crippen molar-refractivity contribution < 1.29 is 19.7 Å². The van der Waals surface area contributed by atoms with Crippen LogP contribution in [-0.2, 0) is 4.79 Å². The molecule has 1 aromatic carbocycles. The molecule has 4 nitrogen and oxygen atoms in total. The molecule has 0 spiro atoms. The molecule has 2 N–H and O–H groups in total. The van der Waals surface area contributed by atoms with Crippen LogP contribution in [0.15, 0.2) is 24.3 Å². The molecule has 0 bridgehead atoms. The van der Waals surface area contributed by atoms with E-state index in [9.17, 15) is 9.90 Å². The second-order valence-electron chi connectivity index (χ2n) is 3.94. The topological polar surface area (TPSA) is 66.8 Å². The molecular formula is C12H16O4. The van der Waals surface area contributed by atoms with Crippen molar-refractivity contribution in [2.24, 2.45) is 5.92 Å². The van der Waals surface area contributed by atoms with E-state index in [-0.39, 0.29) is 12.5 Å². The minimum Gasteiger partial charge on any atom is -0.482 e. The molecule has 0 saturated carbocycles. The van der Waals surface area contributed by atoms with E-state index in [2.05, 4.69) is 0 Å². The van der Waals surface area contributed by atoms with Gasteiger partial charge < -0.3 is 14.9 Å². The van der Waals surface area contributed by atoms with Crippen molar-refractivity contribution in [2.45, 2.75) is 20.0 Å². The molecular weight excluding hydrogens is 208 g/mol. The number of hydrogen-bond donors (Lipinski definition) is 2. The van der Waals surface area contributed by atoms with Crippen molar-refractivity contribution in [3.05, 3.63) is 29.8 Å². The number of carbonyl (C=O) groups is 1. The number of benzene rings is 1. The van der Waals surface area contributed by atoms with Crippen molar-refractivity contribution in [3.63, 3.8) is 0 Å². The molecule has 88 valence electrons. The van der Waals surface area contributed by atoms with Crippen LogP contribution in [0, 0.1) is 5.92 Å². The van der Waals surface area contributed by atoms with Crippen molar-refractivity contribution in [3.8, 4) is 5.75 Å². The number of carboxylic acids is 1. The summed E-state index contributed by atoms with van der Waals surface area (Å²) in [5.74, 6) is -0.376. The maximum Gasteiger partial charge on any atom is 0.341 e. The smallest absolute Gasteiger partial charge is 0.341 e. The summed E-state index contributed by atoms with van der Waals surface area (Å²) < 4.78 is 4.98. The van der Waals surface area contributed by atoms with E-state index in [0.717, 1.165) is 5.56 Å². The molecule has 1 rings (SSSR count). The predicted octanol–water partition coefficient (Wildman–Crippen LogP) is 1.84. The molecule has 0 heterocycles. The first kappa shape index (κ1) is 12.5. The summed E-state index contributed by atoms with van der Waals surface area (Å²) in [7, 11) is 0. The molecule has 1 atom stereocenters. The summed E-state index contributed by atoms with van der Waals surface area (Å²) in [4.78, 5) is 10.3. The van der Waals surface area contributed by atoms with Crippen molar-refractivity contribution in [1.29, 1.82) is 0 Å². The first-order valence-electron chi connectivity index (χ1n) is 5.13. The normalized spacial score (nSPS) is 12.5. The van der Waals surface area contributed by atoms with Crippen LogP contribution in [0.25, 0.3) is 0 Å². The number of aliphatic carboxylic acids is 1. The Morgan fingerprint density at radius 3 is 2.31 bits per heavy atom. The van der Waals surface area contributed by atoms with Gasteiger partial charge in [0, 0.05) is 0 Å². The largest absolute Gasteiger partial charge is 0.482 e. The first-order chi connectivity index (χ1) is 7.50. The zero-order chi connectivity index (χ0) is 12.1. The number of aliphatic hydroxyl groups excluding tert-OH is 1. The summed E-state index contributed by atoms with van der Waals surface area (Å²) >= 11 is 0. The molecule has 4 heteroatoms. The second kappa shape index (κ2) is 5.51. The number of hydrogen-bond acceptors (Lipinski definition) is 3. The average Bonchev–Trinajstić information content (AvgIpc) is 2.26.